The van der Waals surface area contributed by atoms with Crippen LogP contribution in [-0.2, 0) is 0 Å². The lowest BCUT2D eigenvalue weighted by molar-refractivity contribution is 0.502. The van der Waals surface area contributed by atoms with Crippen LogP contribution in [0.2, 0.25) is 0 Å². The Balaban J connectivity index is 3.14. The summed E-state index contributed by atoms with van der Waals surface area (Å²) in [5, 5.41) is 0. The molecule has 0 unspecified atom stereocenters. The van der Waals surface area contributed by atoms with E-state index in [0.29, 0.717) is 0 Å². The number of hydrogen-bond donors (Lipinski definition) is 0. The molecule has 1 aromatic heterocycles. The van der Waals surface area contributed by atoms with Crippen molar-refractivity contribution in [2.75, 3.05) is 0 Å². The molecule has 0 aromatic carbocycles. The molecule has 44 valence electrons. The maximum Gasteiger partial charge on any atom is 0.103 e. The fraction of sp³-hybridized carbons (Fsp3) is 0.429. The van der Waals surface area contributed by atoms with E-state index >= 15 is 0 Å². The van der Waals surface area contributed by atoms with Crippen LogP contribution in [0.15, 0.2) is 10.5 Å². The molecule has 0 atom stereocenters. The Morgan fingerprint density at radius 1 is 1.25 bits per heavy atom. The Morgan fingerprint density at radius 2 is 1.88 bits per heavy atom. The van der Waals surface area contributed by atoms with E-state index in [1.54, 1.807) is 0 Å². The van der Waals surface area contributed by atoms with E-state index in [4.69, 9.17) is 4.42 Å². The van der Waals surface area contributed by atoms with Crippen molar-refractivity contribution in [3.8, 4) is 0 Å². The van der Waals surface area contributed by atoms with Gasteiger partial charge in [-0.3, -0.25) is 0 Å². The molecule has 0 N–H and O–H groups in total. The second-order valence-corrected chi connectivity index (χ2v) is 2.10. The lowest BCUT2D eigenvalue weighted by atomic mass is 10.3. The monoisotopic (exact) mass is 110 g/mol. The van der Waals surface area contributed by atoms with E-state index in [-0.39, 0.29) is 0 Å². The van der Waals surface area contributed by atoms with Gasteiger partial charge in [-0.1, -0.05) is 0 Å². The third kappa shape index (κ3) is 0.760. The Kier molecular flexibility index (Phi) is 1.12. The van der Waals surface area contributed by atoms with Gasteiger partial charge < -0.3 is 4.42 Å². The maximum absolute atomic E-state index is 5.21. The first-order valence-electron chi connectivity index (χ1n) is 2.74. The molecule has 0 saturated carbocycles. The molecule has 0 radical (unpaired) electrons. The number of rotatable bonds is 0. The molecule has 0 amide bonds. The van der Waals surface area contributed by atoms with Crippen LogP contribution < -0.4 is 0 Å². The SMILES string of the molecule is Cc1cc(C)c(C)o1. The van der Waals surface area contributed by atoms with Gasteiger partial charge >= 0.3 is 0 Å². The lowest BCUT2D eigenvalue weighted by Crippen LogP contribution is -1.63. The lowest BCUT2D eigenvalue weighted by Gasteiger charge is -1.80. The van der Waals surface area contributed by atoms with Gasteiger partial charge in [0.2, 0.25) is 0 Å². The molecule has 1 aromatic rings. The smallest absolute Gasteiger partial charge is 0.103 e. The highest BCUT2D eigenvalue weighted by molar-refractivity contribution is 5.17. The first-order valence-corrected chi connectivity index (χ1v) is 2.74. The summed E-state index contributed by atoms with van der Waals surface area (Å²) in [6.07, 6.45) is 0. The quantitative estimate of drug-likeness (QED) is 0.499. The van der Waals surface area contributed by atoms with Gasteiger partial charge in [-0.05, 0) is 32.4 Å². The average Bonchev–Trinajstić information content (AvgIpc) is 1.85. The largest absolute Gasteiger partial charge is 0.466 e. The van der Waals surface area contributed by atoms with Gasteiger partial charge in [0.1, 0.15) is 11.5 Å². The van der Waals surface area contributed by atoms with E-state index in [2.05, 4.69) is 0 Å². The Hall–Kier alpha value is -0.720. The van der Waals surface area contributed by atoms with Crippen molar-refractivity contribution in [2.45, 2.75) is 20.8 Å². The summed E-state index contributed by atoms with van der Waals surface area (Å²) in [5.41, 5.74) is 1.24. The van der Waals surface area contributed by atoms with E-state index in [1.807, 2.05) is 26.8 Å². The van der Waals surface area contributed by atoms with Crippen LogP contribution in [0.3, 0.4) is 0 Å². The van der Waals surface area contributed by atoms with Crippen molar-refractivity contribution in [3.63, 3.8) is 0 Å². The van der Waals surface area contributed by atoms with Crippen LogP contribution in [0.4, 0.5) is 0 Å². The molecular formula is C7H10O. The molecule has 0 aliphatic rings. The molecule has 8 heavy (non-hydrogen) atoms. The highest BCUT2D eigenvalue weighted by Crippen LogP contribution is 2.10. The van der Waals surface area contributed by atoms with Crippen molar-refractivity contribution in [3.05, 3.63) is 23.2 Å². The molecule has 0 bridgehead atoms. The third-order valence-corrected chi connectivity index (χ3v) is 1.29. The summed E-state index contributed by atoms with van der Waals surface area (Å²) in [6, 6.07) is 2.04. The normalized spacial score (nSPS) is 9.88. The van der Waals surface area contributed by atoms with E-state index in [9.17, 15) is 0 Å². The van der Waals surface area contributed by atoms with Crippen molar-refractivity contribution in [1.29, 1.82) is 0 Å². The summed E-state index contributed by atoms with van der Waals surface area (Å²) in [5.74, 6) is 2.03. The zero-order chi connectivity index (χ0) is 6.15. The minimum absolute atomic E-state index is 1.00. The first kappa shape index (κ1) is 5.42. The van der Waals surface area contributed by atoms with Crippen molar-refractivity contribution >= 4 is 0 Å². The van der Waals surface area contributed by atoms with Gasteiger partial charge in [0.25, 0.3) is 0 Å². The van der Waals surface area contributed by atoms with Gasteiger partial charge in [-0.25, -0.2) is 0 Å². The average molecular weight is 110 g/mol. The van der Waals surface area contributed by atoms with Crippen molar-refractivity contribution in [1.82, 2.24) is 0 Å². The zero-order valence-corrected chi connectivity index (χ0v) is 5.49. The molecule has 1 nitrogen and oxygen atoms in total. The topological polar surface area (TPSA) is 13.1 Å². The van der Waals surface area contributed by atoms with Gasteiger partial charge in [-0.2, -0.15) is 0 Å². The molecule has 0 spiro atoms. The van der Waals surface area contributed by atoms with Crippen LogP contribution in [0.1, 0.15) is 17.1 Å². The van der Waals surface area contributed by atoms with E-state index < -0.39 is 0 Å². The minimum Gasteiger partial charge on any atom is -0.466 e. The molecule has 1 rings (SSSR count). The second kappa shape index (κ2) is 1.66. The summed E-state index contributed by atoms with van der Waals surface area (Å²) >= 11 is 0. The number of hydrogen-bond acceptors (Lipinski definition) is 1. The molecule has 1 heteroatoms. The van der Waals surface area contributed by atoms with Gasteiger partial charge in [0, 0.05) is 0 Å². The van der Waals surface area contributed by atoms with Crippen LogP contribution in [-0.4, -0.2) is 0 Å². The van der Waals surface area contributed by atoms with E-state index in [1.165, 1.54) is 5.56 Å². The van der Waals surface area contributed by atoms with Crippen molar-refractivity contribution < 1.29 is 4.42 Å². The summed E-state index contributed by atoms with van der Waals surface area (Å²) in [6.45, 7) is 5.98. The zero-order valence-electron chi connectivity index (χ0n) is 5.49. The summed E-state index contributed by atoms with van der Waals surface area (Å²) in [7, 11) is 0. The predicted octanol–water partition coefficient (Wildman–Crippen LogP) is 2.20. The highest BCUT2D eigenvalue weighted by Gasteiger charge is 1.95. The number of aryl methyl sites for hydroxylation is 3. The minimum atomic E-state index is 1.00. The molecule has 0 aliphatic heterocycles. The van der Waals surface area contributed by atoms with Crippen LogP contribution in [0.5, 0.6) is 0 Å². The Bertz CT molecular complexity index is 167. The first-order chi connectivity index (χ1) is 3.70. The Morgan fingerprint density at radius 3 is 2.00 bits per heavy atom. The van der Waals surface area contributed by atoms with Crippen LogP contribution in [0, 0.1) is 20.8 Å². The molecule has 0 aliphatic carbocycles. The van der Waals surface area contributed by atoms with Gasteiger partial charge in [-0.15, -0.1) is 0 Å². The van der Waals surface area contributed by atoms with Crippen LogP contribution in [0.25, 0.3) is 0 Å². The van der Waals surface area contributed by atoms with E-state index in [0.717, 1.165) is 11.5 Å². The number of furan rings is 1. The van der Waals surface area contributed by atoms with Crippen molar-refractivity contribution in [2.24, 2.45) is 0 Å². The molecule has 0 fully saturated rings. The molecule has 1 heterocycles. The fourth-order valence-corrected chi connectivity index (χ4v) is 0.758. The molecular weight excluding hydrogens is 100 g/mol. The van der Waals surface area contributed by atoms with Gasteiger partial charge in [0.05, 0.1) is 0 Å². The maximum atomic E-state index is 5.21. The predicted molar refractivity (Wildman–Crippen MR) is 32.9 cm³/mol. The molecule has 0 saturated heterocycles. The standard InChI is InChI=1S/C7H10O/c1-5-4-6(2)8-7(5)3/h4H,1-3H3. The van der Waals surface area contributed by atoms with Crippen LogP contribution >= 0.6 is 0 Å². The van der Waals surface area contributed by atoms with Gasteiger partial charge in [0.15, 0.2) is 0 Å². The second-order valence-electron chi connectivity index (χ2n) is 2.10. The highest BCUT2D eigenvalue weighted by atomic mass is 16.3. The Labute approximate surface area is 49.3 Å². The fourth-order valence-electron chi connectivity index (χ4n) is 0.758. The summed E-state index contributed by atoms with van der Waals surface area (Å²) < 4.78 is 5.21. The third-order valence-electron chi connectivity index (χ3n) is 1.29. The summed E-state index contributed by atoms with van der Waals surface area (Å²) in [4.78, 5) is 0.